The molecule has 1 aromatic rings. The fourth-order valence-corrected chi connectivity index (χ4v) is 5.44. The Morgan fingerprint density at radius 2 is 1.86 bits per heavy atom. The Hall–Kier alpha value is -2.70. The summed E-state index contributed by atoms with van der Waals surface area (Å²) in [6.45, 7) is 1.49. The summed E-state index contributed by atoms with van der Waals surface area (Å²) in [4.78, 5) is 24.7. The van der Waals surface area contributed by atoms with Gasteiger partial charge in [-0.2, -0.15) is 0 Å². The Kier molecular flexibility index (Phi) is 4.48. The topological polar surface area (TPSA) is 94.1 Å². The van der Waals surface area contributed by atoms with E-state index >= 15 is 0 Å². The molecule has 28 heavy (non-hydrogen) atoms. The number of phenols is 1. The van der Waals surface area contributed by atoms with Crippen molar-refractivity contribution < 1.29 is 28.9 Å². The van der Waals surface area contributed by atoms with E-state index in [-0.39, 0.29) is 47.2 Å². The molecule has 0 radical (unpaired) electrons. The van der Waals surface area contributed by atoms with Crippen molar-refractivity contribution in [2.24, 2.45) is 17.8 Å². The predicted molar refractivity (Wildman–Crippen MR) is 100 cm³/mol. The first-order valence-corrected chi connectivity index (χ1v) is 9.46. The number of ether oxygens (including phenoxy) is 3. The number of ketones is 1. The second-order valence-corrected chi connectivity index (χ2v) is 7.69. The van der Waals surface area contributed by atoms with Crippen LogP contribution in [0.4, 0.5) is 0 Å². The summed E-state index contributed by atoms with van der Waals surface area (Å²) in [6, 6.07) is 1.58. The summed E-state index contributed by atoms with van der Waals surface area (Å²) in [5.74, 6) is 0.761. The van der Waals surface area contributed by atoms with Crippen LogP contribution in [0.25, 0.3) is 0 Å². The van der Waals surface area contributed by atoms with Crippen molar-refractivity contribution in [1.29, 1.82) is 0 Å². The van der Waals surface area contributed by atoms with Crippen LogP contribution >= 0.6 is 0 Å². The van der Waals surface area contributed by atoms with Gasteiger partial charge in [-0.3, -0.25) is 9.59 Å². The zero-order chi connectivity index (χ0) is 20.2. The lowest BCUT2D eigenvalue weighted by Gasteiger charge is -2.50. The molecule has 3 aliphatic rings. The molecule has 4 rings (SSSR count). The number of hydrogen-bond donors (Lipinski definition) is 2. The first-order chi connectivity index (χ1) is 13.4. The number of carbonyl (C=O) groups is 2. The Labute approximate surface area is 163 Å². The zero-order valence-corrected chi connectivity index (χ0v) is 16.4. The van der Waals surface area contributed by atoms with Gasteiger partial charge in [0, 0.05) is 30.4 Å². The molecule has 7 heteroatoms. The summed E-state index contributed by atoms with van der Waals surface area (Å²) in [7, 11) is 4.55. The van der Waals surface area contributed by atoms with E-state index in [9.17, 15) is 14.7 Å². The van der Waals surface area contributed by atoms with E-state index in [1.807, 2.05) is 6.08 Å². The summed E-state index contributed by atoms with van der Waals surface area (Å²) in [6.07, 6.45) is 3.24. The van der Waals surface area contributed by atoms with E-state index in [0.717, 1.165) is 11.1 Å². The molecular formula is C21H25NO6. The Bertz CT molecular complexity index is 876. The van der Waals surface area contributed by atoms with Gasteiger partial charge in [0.2, 0.25) is 17.4 Å². The largest absolute Gasteiger partial charge is 0.504 e. The monoisotopic (exact) mass is 387 g/mol. The second-order valence-electron chi connectivity index (χ2n) is 7.69. The highest BCUT2D eigenvalue weighted by Gasteiger charge is 2.62. The first-order valence-electron chi connectivity index (χ1n) is 9.46. The molecule has 0 aromatic heterocycles. The third-order valence-electron chi connectivity index (χ3n) is 6.43. The third kappa shape index (κ3) is 2.48. The van der Waals surface area contributed by atoms with E-state index in [1.54, 1.807) is 13.2 Å². The van der Waals surface area contributed by atoms with Gasteiger partial charge >= 0.3 is 0 Å². The molecule has 1 saturated carbocycles. The highest BCUT2D eigenvalue weighted by Crippen LogP contribution is 2.63. The molecule has 5 atom stereocenters. The standard InChI is InChI=1S/C21H25NO6/c1-9(23)22-12-6-5-10-7-13(24)20(27-3)21(28-4)15(10)16-11-8-14(26-2)19(25)17(11)18(12)16/h7-8,11-12,16-18,24H,5-6H2,1-4H3,(H,22,23)/t11?,12-,16?,17?,18?/m0/s1. The maximum atomic E-state index is 12.8. The molecule has 0 saturated heterocycles. The number of rotatable bonds is 4. The van der Waals surface area contributed by atoms with Crippen molar-refractivity contribution in [3.8, 4) is 17.2 Å². The Morgan fingerprint density at radius 3 is 2.46 bits per heavy atom. The number of phenolic OH excluding ortho intramolecular Hbond substituents is 1. The Balaban J connectivity index is 1.88. The first kappa shape index (κ1) is 18.7. The average Bonchev–Trinajstić information content (AvgIpc) is 2.84. The average molecular weight is 387 g/mol. The number of amides is 1. The fraction of sp³-hybridized carbons (Fsp3) is 0.524. The normalized spacial score (nSPS) is 30.1. The number of aryl methyl sites for hydroxylation is 1. The van der Waals surface area contributed by atoms with Crippen molar-refractivity contribution in [2.75, 3.05) is 21.3 Å². The maximum Gasteiger partial charge on any atom is 0.217 e. The van der Waals surface area contributed by atoms with Gasteiger partial charge in [-0.15, -0.1) is 0 Å². The van der Waals surface area contributed by atoms with Crippen LogP contribution in [0.5, 0.6) is 17.2 Å². The number of benzene rings is 1. The number of allylic oxidation sites excluding steroid dienone is 2. The molecule has 1 amide bonds. The van der Waals surface area contributed by atoms with Crippen molar-refractivity contribution in [1.82, 2.24) is 5.32 Å². The van der Waals surface area contributed by atoms with Crippen LogP contribution in [0.3, 0.4) is 0 Å². The molecular weight excluding hydrogens is 362 g/mol. The molecule has 7 nitrogen and oxygen atoms in total. The van der Waals surface area contributed by atoms with Crippen molar-refractivity contribution in [3.05, 3.63) is 29.0 Å². The van der Waals surface area contributed by atoms with Crippen LogP contribution in [0.1, 0.15) is 30.4 Å². The van der Waals surface area contributed by atoms with Crippen LogP contribution in [0, 0.1) is 17.8 Å². The van der Waals surface area contributed by atoms with Crippen molar-refractivity contribution in [3.63, 3.8) is 0 Å². The van der Waals surface area contributed by atoms with Crippen LogP contribution < -0.4 is 14.8 Å². The molecule has 1 aromatic carbocycles. The molecule has 2 N–H and O–H groups in total. The molecule has 3 aliphatic carbocycles. The van der Waals surface area contributed by atoms with Crippen molar-refractivity contribution in [2.45, 2.75) is 31.7 Å². The minimum atomic E-state index is -0.216. The lowest BCUT2D eigenvalue weighted by atomic mass is 9.53. The van der Waals surface area contributed by atoms with E-state index in [4.69, 9.17) is 14.2 Å². The third-order valence-corrected chi connectivity index (χ3v) is 6.43. The van der Waals surface area contributed by atoms with Crippen LogP contribution in [-0.4, -0.2) is 44.2 Å². The lowest BCUT2D eigenvalue weighted by molar-refractivity contribution is -0.131. The van der Waals surface area contributed by atoms with E-state index in [1.165, 1.54) is 21.1 Å². The van der Waals surface area contributed by atoms with E-state index in [2.05, 4.69) is 5.32 Å². The number of aromatic hydroxyl groups is 1. The zero-order valence-electron chi connectivity index (χ0n) is 16.4. The summed E-state index contributed by atoms with van der Waals surface area (Å²) in [5, 5.41) is 13.4. The van der Waals surface area contributed by atoms with Crippen LogP contribution in [-0.2, 0) is 20.7 Å². The van der Waals surface area contributed by atoms with E-state index in [0.29, 0.717) is 30.1 Å². The molecule has 0 heterocycles. The van der Waals surface area contributed by atoms with Gasteiger partial charge in [-0.25, -0.2) is 0 Å². The van der Waals surface area contributed by atoms with Gasteiger partial charge < -0.3 is 24.6 Å². The van der Waals surface area contributed by atoms with Crippen LogP contribution in [0.2, 0.25) is 0 Å². The number of carbonyl (C=O) groups excluding carboxylic acids is 2. The van der Waals surface area contributed by atoms with Crippen molar-refractivity contribution >= 4 is 11.7 Å². The summed E-state index contributed by atoms with van der Waals surface area (Å²) < 4.78 is 16.3. The predicted octanol–water partition coefficient (Wildman–Crippen LogP) is 1.92. The second kappa shape index (κ2) is 6.72. The summed E-state index contributed by atoms with van der Waals surface area (Å²) in [5.41, 5.74) is 1.92. The van der Waals surface area contributed by atoms with Gasteiger partial charge in [0.1, 0.15) is 0 Å². The SMILES string of the molecule is COC1=CC2C(C1=O)C1C2c2c(cc(O)c(OC)c2OC)CC[C@@H]1NC(C)=O. The summed E-state index contributed by atoms with van der Waals surface area (Å²) >= 11 is 0. The van der Waals surface area contributed by atoms with Gasteiger partial charge in [-0.1, -0.05) is 0 Å². The molecule has 0 aliphatic heterocycles. The molecule has 0 spiro atoms. The number of fused-ring (bicyclic) bond motifs is 6. The number of methoxy groups -OCH3 is 3. The van der Waals surface area contributed by atoms with Gasteiger partial charge in [-0.05, 0) is 42.4 Å². The molecule has 0 bridgehead atoms. The van der Waals surface area contributed by atoms with Crippen LogP contribution in [0.15, 0.2) is 17.9 Å². The highest BCUT2D eigenvalue weighted by atomic mass is 16.5. The molecule has 150 valence electrons. The molecule has 1 fully saturated rings. The minimum absolute atomic E-state index is 0.00253. The fourth-order valence-electron chi connectivity index (χ4n) is 5.44. The quantitative estimate of drug-likeness (QED) is 0.820. The maximum absolute atomic E-state index is 12.8. The smallest absolute Gasteiger partial charge is 0.217 e. The number of hydrogen-bond acceptors (Lipinski definition) is 6. The Morgan fingerprint density at radius 1 is 1.14 bits per heavy atom. The lowest BCUT2D eigenvalue weighted by Crippen LogP contribution is -2.55. The van der Waals surface area contributed by atoms with Gasteiger partial charge in [0.15, 0.2) is 17.3 Å². The highest BCUT2D eigenvalue weighted by molar-refractivity contribution is 6.00. The number of nitrogens with one attached hydrogen (secondary N) is 1. The van der Waals surface area contributed by atoms with Gasteiger partial charge in [0.05, 0.1) is 21.3 Å². The molecule has 4 unspecified atom stereocenters. The van der Waals surface area contributed by atoms with E-state index < -0.39 is 0 Å². The number of Topliss-reactive ketones (excluding diaryl/α,β-unsaturated/α-hetero) is 1. The minimum Gasteiger partial charge on any atom is -0.504 e. The van der Waals surface area contributed by atoms with Gasteiger partial charge in [0.25, 0.3) is 0 Å².